The fourth-order valence-electron chi connectivity index (χ4n) is 3.21. The lowest BCUT2D eigenvalue weighted by molar-refractivity contribution is -0.122. The van der Waals surface area contributed by atoms with Crippen molar-refractivity contribution < 1.29 is 14.3 Å². The molecule has 26 heavy (non-hydrogen) atoms. The third-order valence-electron chi connectivity index (χ3n) is 4.62. The molecule has 7 heteroatoms. The van der Waals surface area contributed by atoms with Crippen molar-refractivity contribution in [2.45, 2.75) is 31.3 Å². The molecule has 0 aliphatic carbocycles. The smallest absolute Gasteiger partial charge is 0.220 e. The average molecular weight is 358 g/mol. The molecule has 1 atom stereocenters. The highest BCUT2D eigenvalue weighted by Crippen LogP contribution is 2.24. The van der Waals surface area contributed by atoms with Crippen LogP contribution in [0.5, 0.6) is 0 Å². The van der Waals surface area contributed by atoms with Crippen LogP contribution in [-0.4, -0.2) is 46.2 Å². The molecule has 1 aliphatic heterocycles. The van der Waals surface area contributed by atoms with Gasteiger partial charge in [-0.2, -0.15) is 0 Å². The number of aliphatic hydroxyl groups is 1. The normalized spacial score (nSPS) is 20.0. The summed E-state index contributed by atoms with van der Waals surface area (Å²) >= 11 is 0. The van der Waals surface area contributed by atoms with E-state index in [0.717, 1.165) is 18.8 Å². The maximum atomic E-state index is 13.6. The molecule has 1 amide bonds. The first-order valence-electron chi connectivity index (χ1n) is 8.79. The minimum Gasteiger partial charge on any atom is -0.386 e. The van der Waals surface area contributed by atoms with Crippen molar-refractivity contribution in [3.63, 3.8) is 0 Å². The summed E-state index contributed by atoms with van der Waals surface area (Å²) in [4.78, 5) is 22.4. The number of nitrogens with zero attached hydrogens (tertiary/aromatic N) is 3. The van der Waals surface area contributed by atoms with Gasteiger partial charge in [-0.15, -0.1) is 0 Å². The quantitative estimate of drug-likeness (QED) is 0.822. The highest BCUT2D eigenvalue weighted by Gasteiger charge is 2.34. The van der Waals surface area contributed by atoms with Gasteiger partial charge in [-0.25, -0.2) is 9.37 Å². The van der Waals surface area contributed by atoms with E-state index in [0.29, 0.717) is 24.9 Å². The molecule has 2 aromatic rings. The maximum absolute atomic E-state index is 13.6. The zero-order chi connectivity index (χ0) is 18.4. The summed E-state index contributed by atoms with van der Waals surface area (Å²) in [6.45, 7) is 1.35. The van der Waals surface area contributed by atoms with Crippen LogP contribution < -0.4 is 10.2 Å². The fraction of sp³-hybridized carbons (Fsp3) is 0.421. The van der Waals surface area contributed by atoms with E-state index in [1.165, 1.54) is 6.07 Å². The molecule has 1 aromatic heterocycles. The summed E-state index contributed by atoms with van der Waals surface area (Å²) in [5.41, 5.74) is -0.489. The number of carbonyl (C=O) groups is 1. The Morgan fingerprint density at radius 2 is 2.19 bits per heavy atom. The Morgan fingerprint density at radius 1 is 1.35 bits per heavy atom. The van der Waals surface area contributed by atoms with Crippen LogP contribution in [0.2, 0.25) is 0 Å². The Hall–Kier alpha value is -2.54. The van der Waals surface area contributed by atoms with Gasteiger partial charge in [0.15, 0.2) is 0 Å². The Balaban J connectivity index is 1.50. The van der Waals surface area contributed by atoms with Crippen LogP contribution >= 0.6 is 0 Å². The number of benzene rings is 1. The molecule has 2 N–H and O–H groups in total. The molecule has 1 fully saturated rings. The molecule has 0 saturated carbocycles. The van der Waals surface area contributed by atoms with Gasteiger partial charge in [0.25, 0.3) is 0 Å². The average Bonchev–Trinajstić information content (AvgIpc) is 2.67. The number of aryl methyl sites for hydroxylation is 1. The van der Waals surface area contributed by atoms with Crippen molar-refractivity contribution in [3.8, 4) is 0 Å². The van der Waals surface area contributed by atoms with Crippen molar-refractivity contribution in [3.05, 3.63) is 54.2 Å². The number of piperidine rings is 1. The molecule has 1 aliphatic rings. The minimum absolute atomic E-state index is 0.167. The van der Waals surface area contributed by atoms with Gasteiger partial charge in [-0.05, 0) is 30.9 Å². The van der Waals surface area contributed by atoms with Crippen LogP contribution in [-0.2, 0) is 11.2 Å². The Morgan fingerprint density at radius 3 is 2.96 bits per heavy atom. The molecule has 0 spiro atoms. The van der Waals surface area contributed by atoms with Gasteiger partial charge in [-0.3, -0.25) is 9.78 Å². The van der Waals surface area contributed by atoms with Gasteiger partial charge in [0.2, 0.25) is 5.91 Å². The van der Waals surface area contributed by atoms with Crippen LogP contribution in [0.15, 0.2) is 42.9 Å². The molecule has 0 bridgehead atoms. The number of hydrogen-bond acceptors (Lipinski definition) is 5. The number of carbonyl (C=O) groups excluding carboxylic acids is 1. The number of rotatable bonds is 6. The molecule has 1 aromatic carbocycles. The summed E-state index contributed by atoms with van der Waals surface area (Å²) in [5, 5.41) is 13.6. The number of halogens is 1. The largest absolute Gasteiger partial charge is 0.386 e. The first-order valence-corrected chi connectivity index (χ1v) is 8.79. The van der Waals surface area contributed by atoms with Gasteiger partial charge in [0.1, 0.15) is 11.6 Å². The predicted molar refractivity (Wildman–Crippen MR) is 96.2 cm³/mol. The predicted octanol–water partition coefficient (Wildman–Crippen LogP) is 1.70. The minimum atomic E-state index is -1.01. The van der Waals surface area contributed by atoms with Crippen LogP contribution in [0.3, 0.4) is 0 Å². The SMILES string of the molecule is O=C(CCc1ccccc1F)NCC1(O)CCCN(c2cnccn2)C1. The van der Waals surface area contributed by atoms with Gasteiger partial charge in [0.05, 0.1) is 11.8 Å². The zero-order valence-electron chi connectivity index (χ0n) is 14.6. The summed E-state index contributed by atoms with van der Waals surface area (Å²) in [5.74, 6) is 0.223. The first-order chi connectivity index (χ1) is 12.6. The van der Waals surface area contributed by atoms with Crippen LogP contribution in [0.4, 0.5) is 10.2 Å². The lowest BCUT2D eigenvalue weighted by Crippen LogP contribution is -2.54. The molecule has 1 unspecified atom stereocenters. The van der Waals surface area contributed by atoms with E-state index in [-0.39, 0.29) is 24.7 Å². The van der Waals surface area contributed by atoms with Crippen molar-refractivity contribution in [1.29, 1.82) is 0 Å². The molecule has 2 heterocycles. The third-order valence-corrected chi connectivity index (χ3v) is 4.62. The van der Waals surface area contributed by atoms with Gasteiger partial charge in [-0.1, -0.05) is 18.2 Å². The Bertz CT molecular complexity index is 743. The Labute approximate surface area is 152 Å². The van der Waals surface area contributed by atoms with E-state index in [1.54, 1.807) is 36.8 Å². The maximum Gasteiger partial charge on any atom is 0.220 e. The second kappa shape index (κ2) is 8.23. The standard InChI is InChI=1S/C19H23FN4O2/c20-16-5-2-1-4-15(16)6-7-18(25)23-13-19(26)8-3-11-24(14-19)17-12-21-9-10-22-17/h1-2,4-5,9-10,12,26H,3,6-8,11,13-14H2,(H,23,25). The van der Waals surface area contributed by atoms with Crippen molar-refractivity contribution in [1.82, 2.24) is 15.3 Å². The van der Waals surface area contributed by atoms with E-state index in [1.807, 2.05) is 4.90 Å². The third kappa shape index (κ3) is 4.76. The van der Waals surface area contributed by atoms with Crippen LogP contribution in [0.1, 0.15) is 24.8 Å². The summed E-state index contributed by atoms with van der Waals surface area (Å²) < 4.78 is 13.6. The summed E-state index contributed by atoms with van der Waals surface area (Å²) in [7, 11) is 0. The molecule has 6 nitrogen and oxygen atoms in total. The second-order valence-corrected chi connectivity index (χ2v) is 6.68. The second-order valence-electron chi connectivity index (χ2n) is 6.68. The number of aromatic nitrogens is 2. The first kappa shape index (κ1) is 18.3. The monoisotopic (exact) mass is 358 g/mol. The molecular weight excluding hydrogens is 335 g/mol. The molecule has 3 rings (SSSR count). The molecule has 1 saturated heterocycles. The van der Waals surface area contributed by atoms with Crippen molar-refractivity contribution in [2.24, 2.45) is 0 Å². The number of amides is 1. The van der Waals surface area contributed by atoms with Gasteiger partial charge >= 0.3 is 0 Å². The van der Waals surface area contributed by atoms with Crippen LogP contribution in [0.25, 0.3) is 0 Å². The highest BCUT2D eigenvalue weighted by atomic mass is 19.1. The number of anilines is 1. The fourth-order valence-corrected chi connectivity index (χ4v) is 3.21. The number of nitrogens with one attached hydrogen (secondary N) is 1. The van der Waals surface area contributed by atoms with E-state index < -0.39 is 5.60 Å². The van der Waals surface area contributed by atoms with E-state index in [9.17, 15) is 14.3 Å². The van der Waals surface area contributed by atoms with Crippen molar-refractivity contribution >= 4 is 11.7 Å². The van der Waals surface area contributed by atoms with Gasteiger partial charge < -0.3 is 15.3 Å². The van der Waals surface area contributed by atoms with Crippen molar-refractivity contribution in [2.75, 3.05) is 24.5 Å². The van der Waals surface area contributed by atoms with E-state index in [2.05, 4.69) is 15.3 Å². The highest BCUT2D eigenvalue weighted by molar-refractivity contribution is 5.76. The zero-order valence-corrected chi connectivity index (χ0v) is 14.6. The summed E-state index contributed by atoms with van der Waals surface area (Å²) in [6, 6.07) is 6.44. The number of hydrogen-bond donors (Lipinski definition) is 2. The Kier molecular flexibility index (Phi) is 5.78. The van der Waals surface area contributed by atoms with Crippen LogP contribution in [0, 0.1) is 5.82 Å². The number of β-amino-alcohol motifs (C(OH)–C–C–N with tert-alkyl or cyclic N) is 1. The molecule has 0 radical (unpaired) electrons. The van der Waals surface area contributed by atoms with E-state index in [4.69, 9.17) is 0 Å². The topological polar surface area (TPSA) is 78.4 Å². The lowest BCUT2D eigenvalue weighted by Gasteiger charge is -2.39. The summed E-state index contributed by atoms with van der Waals surface area (Å²) in [6.07, 6.45) is 6.82. The van der Waals surface area contributed by atoms with Gasteiger partial charge in [0, 0.05) is 38.4 Å². The molecular formula is C19H23FN4O2. The lowest BCUT2D eigenvalue weighted by atomic mass is 9.92. The molecule has 138 valence electrons. The van der Waals surface area contributed by atoms with E-state index >= 15 is 0 Å².